The van der Waals surface area contributed by atoms with E-state index in [1.54, 1.807) is 36.5 Å². The minimum Gasteiger partial charge on any atom is -0.383 e. The molecule has 0 saturated heterocycles. The number of imidazole rings is 1. The molecular weight excluding hydrogens is 233 g/mol. The summed E-state index contributed by atoms with van der Waals surface area (Å²) in [7, 11) is 1.65. The number of hydrogen-bond acceptors (Lipinski definition) is 3. The van der Waals surface area contributed by atoms with Gasteiger partial charge >= 0.3 is 0 Å². The highest BCUT2D eigenvalue weighted by atomic mass is 19.1. The maximum Gasteiger partial charge on any atom is 0.147 e. The largest absolute Gasteiger partial charge is 0.383 e. The van der Waals surface area contributed by atoms with Gasteiger partial charge in [-0.05, 0) is 11.6 Å². The molecule has 0 unspecified atom stereocenters. The van der Waals surface area contributed by atoms with Gasteiger partial charge in [0.05, 0.1) is 18.6 Å². The summed E-state index contributed by atoms with van der Waals surface area (Å²) in [6.45, 7) is 1.96. The molecule has 4 nitrogen and oxygen atoms in total. The summed E-state index contributed by atoms with van der Waals surface area (Å²) >= 11 is 0. The number of methoxy groups -OCH3 is 1. The normalized spacial score (nSPS) is 10.8. The van der Waals surface area contributed by atoms with Gasteiger partial charge in [-0.3, -0.25) is 0 Å². The molecule has 0 radical (unpaired) electrons. The number of rotatable bonds is 6. The number of hydrogen-bond donors (Lipinski definition) is 1. The predicted octanol–water partition coefficient (Wildman–Crippen LogP) is 1.75. The zero-order valence-corrected chi connectivity index (χ0v) is 10.3. The third kappa shape index (κ3) is 2.94. The van der Waals surface area contributed by atoms with Crippen LogP contribution >= 0.6 is 0 Å². The Bertz CT molecular complexity index is 485. The smallest absolute Gasteiger partial charge is 0.147 e. The van der Waals surface area contributed by atoms with E-state index in [4.69, 9.17) is 4.74 Å². The van der Waals surface area contributed by atoms with Crippen LogP contribution in [-0.4, -0.2) is 29.8 Å². The van der Waals surface area contributed by atoms with Crippen LogP contribution in [0.3, 0.4) is 0 Å². The Morgan fingerprint density at radius 2 is 2.33 bits per heavy atom. The van der Waals surface area contributed by atoms with E-state index in [2.05, 4.69) is 10.3 Å². The van der Waals surface area contributed by atoms with Gasteiger partial charge in [0.15, 0.2) is 0 Å². The van der Waals surface area contributed by atoms with Gasteiger partial charge in [-0.1, -0.05) is 12.1 Å². The van der Waals surface area contributed by atoms with Crippen molar-refractivity contribution in [3.05, 3.63) is 48.3 Å². The van der Waals surface area contributed by atoms with E-state index < -0.39 is 0 Å². The Morgan fingerprint density at radius 3 is 3.06 bits per heavy atom. The first-order valence-corrected chi connectivity index (χ1v) is 5.78. The van der Waals surface area contributed by atoms with E-state index >= 15 is 0 Å². The van der Waals surface area contributed by atoms with Crippen LogP contribution in [0.5, 0.6) is 0 Å². The van der Waals surface area contributed by atoms with E-state index in [1.807, 2.05) is 6.07 Å². The molecule has 2 rings (SSSR count). The maximum atomic E-state index is 13.9. The van der Waals surface area contributed by atoms with E-state index in [0.717, 1.165) is 12.1 Å². The summed E-state index contributed by atoms with van der Waals surface area (Å²) in [5.41, 5.74) is 1.43. The van der Waals surface area contributed by atoms with Crippen molar-refractivity contribution in [3.63, 3.8) is 0 Å². The molecule has 1 heterocycles. The van der Waals surface area contributed by atoms with Crippen molar-refractivity contribution in [2.24, 2.45) is 0 Å². The third-order valence-electron chi connectivity index (χ3n) is 2.63. The molecule has 1 aromatic carbocycles. The Labute approximate surface area is 105 Å². The lowest BCUT2D eigenvalue weighted by molar-refractivity contribution is 0.199. The molecule has 96 valence electrons. The molecule has 18 heavy (non-hydrogen) atoms. The molecule has 0 saturated carbocycles. The zero-order valence-electron chi connectivity index (χ0n) is 10.3. The topological polar surface area (TPSA) is 39.1 Å². The van der Waals surface area contributed by atoms with Crippen molar-refractivity contribution in [2.45, 2.75) is 6.54 Å². The van der Waals surface area contributed by atoms with E-state index in [0.29, 0.717) is 18.8 Å². The van der Waals surface area contributed by atoms with Crippen molar-refractivity contribution >= 4 is 0 Å². The van der Waals surface area contributed by atoms with Crippen LogP contribution in [0.1, 0.15) is 5.56 Å². The summed E-state index contributed by atoms with van der Waals surface area (Å²) in [6.07, 6.45) is 4.96. The first kappa shape index (κ1) is 12.7. The molecule has 0 aliphatic rings. The molecule has 0 atom stereocenters. The Kier molecular flexibility index (Phi) is 4.44. The molecule has 5 heteroatoms. The number of nitrogens with zero attached hydrogens (tertiary/aromatic N) is 2. The van der Waals surface area contributed by atoms with Crippen molar-refractivity contribution < 1.29 is 9.13 Å². The fraction of sp³-hybridized carbons (Fsp3) is 0.308. The van der Waals surface area contributed by atoms with Crippen LogP contribution in [0.25, 0.3) is 5.69 Å². The number of benzene rings is 1. The molecule has 2 aromatic rings. The summed E-state index contributed by atoms with van der Waals surface area (Å²) in [5, 5.41) is 3.21. The lowest BCUT2D eigenvalue weighted by atomic mass is 10.1. The monoisotopic (exact) mass is 249 g/mol. The average molecular weight is 249 g/mol. The summed E-state index contributed by atoms with van der Waals surface area (Å²) in [6, 6.07) is 5.06. The van der Waals surface area contributed by atoms with E-state index in [1.165, 1.54) is 6.07 Å². The second-order valence-corrected chi connectivity index (χ2v) is 3.89. The van der Waals surface area contributed by atoms with Gasteiger partial charge in [0, 0.05) is 32.6 Å². The number of aromatic nitrogens is 2. The second kappa shape index (κ2) is 6.28. The fourth-order valence-corrected chi connectivity index (χ4v) is 1.78. The van der Waals surface area contributed by atoms with Gasteiger partial charge in [-0.2, -0.15) is 0 Å². The van der Waals surface area contributed by atoms with Gasteiger partial charge in [0.2, 0.25) is 0 Å². The highest BCUT2D eigenvalue weighted by Crippen LogP contribution is 2.18. The minimum atomic E-state index is -0.251. The Hall–Kier alpha value is -1.72. The van der Waals surface area contributed by atoms with Crippen molar-refractivity contribution in [3.8, 4) is 5.69 Å². The molecule has 0 amide bonds. The number of para-hydroxylation sites is 1. The quantitative estimate of drug-likeness (QED) is 0.793. The van der Waals surface area contributed by atoms with Gasteiger partial charge in [0.25, 0.3) is 0 Å². The standard InChI is InChI=1S/C13H16FN3O/c1-18-8-6-15-9-11-3-2-4-12(14)13(11)17-7-5-16-10-17/h2-5,7,10,15H,6,8-9H2,1H3. The summed E-state index contributed by atoms with van der Waals surface area (Å²) in [5.74, 6) is -0.251. The lowest BCUT2D eigenvalue weighted by Gasteiger charge is -2.12. The third-order valence-corrected chi connectivity index (χ3v) is 2.63. The zero-order chi connectivity index (χ0) is 12.8. The fourth-order valence-electron chi connectivity index (χ4n) is 1.78. The molecule has 0 bridgehead atoms. The van der Waals surface area contributed by atoms with Crippen molar-refractivity contribution in [1.29, 1.82) is 0 Å². The van der Waals surface area contributed by atoms with Crippen LogP contribution < -0.4 is 5.32 Å². The predicted molar refractivity (Wildman–Crippen MR) is 67.1 cm³/mol. The number of halogens is 1. The highest BCUT2D eigenvalue weighted by molar-refractivity contribution is 5.42. The van der Waals surface area contributed by atoms with Gasteiger partial charge in [-0.15, -0.1) is 0 Å². The average Bonchev–Trinajstić information content (AvgIpc) is 2.88. The maximum absolute atomic E-state index is 13.9. The number of nitrogens with one attached hydrogen (secondary N) is 1. The molecule has 0 aliphatic heterocycles. The van der Waals surface area contributed by atoms with E-state index in [9.17, 15) is 4.39 Å². The van der Waals surface area contributed by atoms with Gasteiger partial charge < -0.3 is 14.6 Å². The summed E-state index contributed by atoms with van der Waals surface area (Å²) < 4.78 is 20.5. The van der Waals surface area contributed by atoms with Crippen LogP contribution in [0, 0.1) is 5.82 Å². The first-order valence-electron chi connectivity index (χ1n) is 5.78. The number of ether oxygens (including phenoxy) is 1. The molecule has 1 aromatic heterocycles. The lowest BCUT2D eigenvalue weighted by Crippen LogP contribution is -2.19. The van der Waals surface area contributed by atoms with Gasteiger partial charge in [0.1, 0.15) is 5.82 Å². The van der Waals surface area contributed by atoms with E-state index in [-0.39, 0.29) is 5.82 Å². The minimum absolute atomic E-state index is 0.251. The van der Waals surface area contributed by atoms with Crippen LogP contribution in [0.15, 0.2) is 36.9 Å². The Morgan fingerprint density at radius 1 is 1.44 bits per heavy atom. The second-order valence-electron chi connectivity index (χ2n) is 3.89. The molecular formula is C13H16FN3O. The van der Waals surface area contributed by atoms with Crippen molar-refractivity contribution in [2.75, 3.05) is 20.3 Å². The summed E-state index contributed by atoms with van der Waals surface area (Å²) in [4.78, 5) is 3.95. The van der Waals surface area contributed by atoms with Crippen molar-refractivity contribution in [1.82, 2.24) is 14.9 Å². The molecule has 0 aliphatic carbocycles. The first-order chi connectivity index (χ1) is 8.83. The van der Waals surface area contributed by atoms with Crippen LogP contribution in [0.2, 0.25) is 0 Å². The van der Waals surface area contributed by atoms with Gasteiger partial charge in [-0.25, -0.2) is 9.37 Å². The molecule has 0 fully saturated rings. The molecule has 0 spiro atoms. The Balaban J connectivity index is 2.17. The molecule has 1 N–H and O–H groups in total. The SMILES string of the molecule is COCCNCc1cccc(F)c1-n1ccnc1. The van der Waals surface area contributed by atoms with Crippen LogP contribution in [-0.2, 0) is 11.3 Å². The highest BCUT2D eigenvalue weighted by Gasteiger charge is 2.09. The van der Waals surface area contributed by atoms with Crippen LogP contribution in [0.4, 0.5) is 4.39 Å².